The van der Waals surface area contributed by atoms with Crippen molar-refractivity contribution in [3.8, 4) is 0 Å². The maximum Gasteiger partial charge on any atom is 0.453 e. The second kappa shape index (κ2) is 9.05. The van der Waals surface area contributed by atoms with Crippen LogP contribution in [0.5, 0.6) is 0 Å². The number of halogens is 3. The van der Waals surface area contributed by atoms with E-state index in [1.54, 1.807) is 6.92 Å². The van der Waals surface area contributed by atoms with E-state index < -0.39 is 42.9 Å². The number of aromatic nitrogens is 4. The van der Waals surface area contributed by atoms with Crippen LogP contribution in [-0.2, 0) is 36.5 Å². The van der Waals surface area contributed by atoms with Gasteiger partial charge in [-0.2, -0.15) is 18.2 Å². The minimum absolute atomic E-state index is 0.0967. The first-order valence-corrected chi connectivity index (χ1v) is 8.69. The van der Waals surface area contributed by atoms with Gasteiger partial charge in [0.25, 0.3) is 11.6 Å². The summed E-state index contributed by atoms with van der Waals surface area (Å²) in [5, 5.41) is 3.45. The molecule has 0 aliphatic carbocycles. The number of hydrogen-bond donors (Lipinski definition) is 0. The highest BCUT2D eigenvalue weighted by molar-refractivity contribution is 5.86. The summed E-state index contributed by atoms with van der Waals surface area (Å²) >= 11 is 0. The average Bonchev–Trinajstić information content (AvgIpc) is 3.11. The molecule has 164 valence electrons. The monoisotopic (exact) mass is 431 g/mol. The molecular weight excluding hydrogens is 411 g/mol. The molecule has 2 aromatic heterocycles. The van der Waals surface area contributed by atoms with Crippen molar-refractivity contribution < 1.29 is 37.0 Å². The molecule has 1 amide bonds. The summed E-state index contributed by atoms with van der Waals surface area (Å²) in [5.41, 5.74) is 1.24. The molecule has 0 unspecified atom stereocenters. The van der Waals surface area contributed by atoms with E-state index >= 15 is 0 Å². The molecule has 0 aliphatic heterocycles. The third kappa shape index (κ3) is 5.21. The van der Waals surface area contributed by atoms with Gasteiger partial charge < -0.3 is 14.4 Å². The van der Waals surface area contributed by atoms with Crippen molar-refractivity contribution in [1.82, 2.24) is 24.5 Å². The zero-order chi connectivity index (χ0) is 22.6. The van der Waals surface area contributed by atoms with Crippen molar-refractivity contribution in [2.45, 2.75) is 32.9 Å². The number of fused-ring (bicyclic) bond motifs is 1. The van der Waals surface area contributed by atoms with E-state index in [0.717, 1.165) is 23.6 Å². The van der Waals surface area contributed by atoms with Crippen LogP contribution in [0.1, 0.15) is 29.2 Å². The lowest BCUT2D eigenvalue weighted by Gasteiger charge is -2.20. The fraction of sp³-hybridized carbons (Fsp3) is 0.529. The summed E-state index contributed by atoms with van der Waals surface area (Å²) in [6.07, 6.45) is -4.75. The van der Waals surface area contributed by atoms with Gasteiger partial charge in [0.05, 0.1) is 14.2 Å². The van der Waals surface area contributed by atoms with Crippen LogP contribution >= 0.6 is 0 Å². The van der Waals surface area contributed by atoms with E-state index in [0.29, 0.717) is 17.0 Å². The molecule has 2 heterocycles. The van der Waals surface area contributed by atoms with Crippen molar-refractivity contribution >= 4 is 23.6 Å². The van der Waals surface area contributed by atoms with Gasteiger partial charge in [0.15, 0.2) is 0 Å². The van der Waals surface area contributed by atoms with E-state index in [9.17, 15) is 27.6 Å². The van der Waals surface area contributed by atoms with Crippen LogP contribution in [0.15, 0.2) is 0 Å². The minimum Gasteiger partial charge on any atom is -0.468 e. The maximum atomic E-state index is 12.9. The van der Waals surface area contributed by atoms with Crippen LogP contribution in [0.25, 0.3) is 5.78 Å². The number of hydrogen-bond acceptors (Lipinski definition) is 8. The summed E-state index contributed by atoms with van der Waals surface area (Å²) in [7, 11) is 2.29. The molecule has 0 N–H and O–H groups in total. The highest BCUT2D eigenvalue weighted by atomic mass is 19.4. The molecule has 0 aliphatic rings. The van der Waals surface area contributed by atoms with Gasteiger partial charge in [-0.25, -0.2) is 9.50 Å². The first-order chi connectivity index (χ1) is 14.0. The number of rotatable bonds is 7. The molecule has 2 rings (SSSR count). The standard InChI is InChI=1S/C17H20F3N5O5/c1-9-11(10(2)25-16(21-9)22-15(23-25)17(18,19)20)5-6-12(26)24(7-13(27)29-3)8-14(28)30-4/h5-8H2,1-4H3. The van der Waals surface area contributed by atoms with Gasteiger partial charge in [-0.3, -0.25) is 14.4 Å². The second-order valence-electron chi connectivity index (χ2n) is 6.31. The summed E-state index contributed by atoms with van der Waals surface area (Å²) < 4.78 is 48.6. The molecular formula is C17H20F3N5O5. The predicted octanol–water partition coefficient (Wildman–Crippen LogP) is 0.867. The Hall–Kier alpha value is -3.25. The Balaban J connectivity index is 2.24. The number of alkyl halides is 3. The molecule has 13 heteroatoms. The average molecular weight is 431 g/mol. The fourth-order valence-corrected chi connectivity index (χ4v) is 2.75. The summed E-state index contributed by atoms with van der Waals surface area (Å²) in [5.74, 6) is -3.49. The lowest BCUT2D eigenvalue weighted by molar-refractivity contribution is -0.152. The van der Waals surface area contributed by atoms with Gasteiger partial charge in [0.1, 0.15) is 13.1 Å². The number of nitrogens with zero attached hydrogens (tertiary/aromatic N) is 5. The van der Waals surface area contributed by atoms with Crippen LogP contribution in [0.4, 0.5) is 13.2 Å². The van der Waals surface area contributed by atoms with Crippen molar-refractivity contribution in [3.05, 3.63) is 22.8 Å². The molecule has 10 nitrogen and oxygen atoms in total. The second-order valence-corrected chi connectivity index (χ2v) is 6.31. The van der Waals surface area contributed by atoms with Crippen molar-refractivity contribution in [2.24, 2.45) is 0 Å². The molecule has 0 aromatic carbocycles. The third-order valence-electron chi connectivity index (χ3n) is 4.34. The minimum atomic E-state index is -4.72. The molecule has 0 saturated heterocycles. The van der Waals surface area contributed by atoms with Crippen LogP contribution < -0.4 is 0 Å². The predicted molar refractivity (Wildman–Crippen MR) is 94.2 cm³/mol. The number of aryl methyl sites for hydroxylation is 2. The van der Waals surface area contributed by atoms with Crippen LogP contribution in [0.3, 0.4) is 0 Å². The van der Waals surface area contributed by atoms with Crippen LogP contribution in [0, 0.1) is 13.8 Å². The smallest absolute Gasteiger partial charge is 0.453 e. The van der Waals surface area contributed by atoms with Crippen LogP contribution in [0.2, 0.25) is 0 Å². The van der Waals surface area contributed by atoms with Gasteiger partial charge in [-0.05, 0) is 25.8 Å². The zero-order valence-corrected chi connectivity index (χ0v) is 16.7. The molecule has 0 bridgehead atoms. The lowest BCUT2D eigenvalue weighted by Crippen LogP contribution is -2.40. The van der Waals surface area contributed by atoms with Crippen molar-refractivity contribution in [1.29, 1.82) is 0 Å². The summed E-state index contributed by atoms with van der Waals surface area (Å²) in [4.78, 5) is 44.0. The first kappa shape index (κ1) is 23.0. The fourth-order valence-electron chi connectivity index (χ4n) is 2.75. The Bertz CT molecular complexity index is 955. The molecule has 30 heavy (non-hydrogen) atoms. The topological polar surface area (TPSA) is 116 Å². The van der Waals surface area contributed by atoms with E-state index in [1.165, 1.54) is 6.92 Å². The lowest BCUT2D eigenvalue weighted by atomic mass is 10.1. The number of ether oxygens (including phenoxy) is 2. The van der Waals surface area contributed by atoms with Crippen molar-refractivity contribution in [3.63, 3.8) is 0 Å². The molecule has 0 radical (unpaired) electrons. The largest absolute Gasteiger partial charge is 0.468 e. The van der Waals surface area contributed by atoms with Gasteiger partial charge in [0.2, 0.25) is 5.91 Å². The number of methoxy groups -OCH3 is 2. The molecule has 0 saturated carbocycles. The van der Waals surface area contributed by atoms with Crippen molar-refractivity contribution in [2.75, 3.05) is 27.3 Å². The zero-order valence-electron chi connectivity index (χ0n) is 16.7. The summed E-state index contributed by atoms with van der Waals surface area (Å²) in [6.45, 7) is 2.22. The Morgan fingerprint density at radius 3 is 2.10 bits per heavy atom. The number of carbonyl (C=O) groups is 3. The SMILES string of the molecule is COC(=O)CN(CC(=O)OC)C(=O)CCc1c(C)nc2nc(C(F)(F)F)nn2c1C. The molecule has 0 atom stereocenters. The highest BCUT2D eigenvalue weighted by Crippen LogP contribution is 2.27. The van der Waals surface area contributed by atoms with Gasteiger partial charge >= 0.3 is 18.1 Å². The summed E-state index contributed by atoms with van der Waals surface area (Å²) in [6, 6.07) is 0. The van der Waals surface area contributed by atoms with E-state index in [4.69, 9.17) is 0 Å². The molecule has 0 fully saturated rings. The normalized spacial score (nSPS) is 11.4. The highest BCUT2D eigenvalue weighted by Gasteiger charge is 2.37. The van der Waals surface area contributed by atoms with Gasteiger partial charge in [-0.15, -0.1) is 5.10 Å². The van der Waals surface area contributed by atoms with E-state index in [-0.39, 0.29) is 18.6 Å². The molecule has 2 aromatic rings. The quantitative estimate of drug-likeness (QED) is 0.593. The first-order valence-electron chi connectivity index (χ1n) is 8.69. The van der Waals surface area contributed by atoms with Crippen LogP contribution in [-0.4, -0.2) is 69.6 Å². The Morgan fingerprint density at radius 2 is 1.60 bits per heavy atom. The van der Waals surface area contributed by atoms with E-state index in [2.05, 4.69) is 24.5 Å². The number of amides is 1. The Kier molecular flexibility index (Phi) is 6.95. The Morgan fingerprint density at radius 1 is 1.03 bits per heavy atom. The third-order valence-corrected chi connectivity index (χ3v) is 4.34. The maximum absolute atomic E-state index is 12.9. The van der Waals surface area contributed by atoms with E-state index in [1.807, 2.05) is 0 Å². The molecule has 0 spiro atoms. The van der Waals surface area contributed by atoms with Gasteiger partial charge in [0, 0.05) is 17.8 Å². The number of esters is 2. The van der Waals surface area contributed by atoms with Gasteiger partial charge in [-0.1, -0.05) is 0 Å². The number of carbonyl (C=O) groups excluding carboxylic acids is 3. The Labute approximate surface area is 169 Å².